The molecule has 0 aliphatic carbocycles. The fourth-order valence-corrected chi connectivity index (χ4v) is 2.04. The molecule has 0 amide bonds. The second-order valence-electron chi connectivity index (χ2n) is 5.05. The van der Waals surface area contributed by atoms with Crippen LogP contribution < -0.4 is 9.64 Å². The van der Waals surface area contributed by atoms with E-state index < -0.39 is 0 Å². The smallest absolute Gasteiger partial charge is 0.266 e. The molecule has 1 aromatic carbocycles. The zero-order valence-electron chi connectivity index (χ0n) is 12.8. The number of benzene rings is 1. The maximum Gasteiger partial charge on any atom is 0.266 e. The third-order valence-corrected chi connectivity index (χ3v) is 3.12. The van der Waals surface area contributed by atoms with Gasteiger partial charge in [0.25, 0.3) is 5.89 Å². The minimum Gasteiger partial charge on any atom is -0.486 e. The summed E-state index contributed by atoms with van der Waals surface area (Å²) in [4.78, 5) is 5.84. The highest BCUT2D eigenvalue weighted by atomic mass is 16.5. The van der Waals surface area contributed by atoms with E-state index in [-0.39, 0.29) is 11.6 Å². The highest BCUT2D eigenvalue weighted by Gasteiger charge is 2.18. The van der Waals surface area contributed by atoms with Crippen LogP contribution in [0.4, 0.5) is 5.88 Å². The van der Waals surface area contributed by atoms with Gasteiger partial charge in [0.05, 0.1) is 0 Å². The van der Waals surface area contributed by atoms with E-state index in [1.54, 1.807) is 31.1 Å². The highest BCUT2D eigenvalue weighted by molar-refractivity contribution is 5.55. The van der Waals surface area contributed by atoms with Crippen LogP contribution in [0.1, 0.15) is 11.5 Å². The predicted octanol–water partition coefficient (Wildman–Crippen LogP) is 3.45. The van der Waals surface area contributed by atoms with Gasteiger partial charge in [0.15, 0.2) is 5.76 Å². The van der Waals surface area contributed by atoms with Crippen molar-refractivity contribution in [3.8, 4) is 23.5 Å². The summed E-state index contributed by atoms with van der Waals surface area (Å²) in [7, 11) is 3.57. The number of nitriles is 1. The Balaban J connectivity index is 1.76. The Morgan fingerprint density at radius 1 is 1.13 bits per heavy atom. The molecule has 0 spiro atoms. The van der Waals surface area contributed by atoms with Crippen LogP contribution in [-0.2, 0) is 6.61 Å². The molecule has 6 heteroatoms. The highest BCUT2D eigenvalue weighted by Crippen LogP contribution is 2.28. The van der Waals surface area contributed by atoms with Crippen molar-refractivity contribution in [3.63, 3.8) is 0 Å². The van der Waals surface area contributed by atoms with Gasteiger partial charge in [-0.15, -0.1) is 0 Å². The molecule has 23 heavy (non-hydrogen) atoms. The Morgan fingerprint density at radius 3 is 2.57 bits per heavy atom. The van der Waals surface area contributed by atoms with Crippen molar-refractivity contribution in [1.29, 1.82) is 5.26 Å². The number of furan rings is 1. The van der Waals surface area contributed by atoms with Gasteiger partial charge < -0.3 is 18.5 Å². The zero-order valence-corrected chi connectivity index (χ0v) is 12.8. The Hall–Kier alpha value is -3.20. The van der Waals surface area contributed by atoms with Crippen molar-refractivity contribution in [3.05, 3.63) is 53.9 Å². The molecule has 0 fully saturated rings. The first-order valence-corrected chi connectivity index (χ1v) is 7.02. The van der Waals surface area contributed by atoms with E-state index in [2.05, 4.69) is 4.98 Å². The third-order valence-electron chi connectivity index (χ3n) is 3.12. The Labute approximate surface area is 133 Å². The lowest BCUT2D eigenvalue weighted by Gasteiger charge is -2.05. The molecule has 0 aliphatic rings. The van der Waals surface area contributed by atoms with E-state index in [0.29, 0.717) is 24.0 Å². The number of hydrogen-bond donors (Lipinski definition) is 0. The van der Waals surface area contributed by atoms with Crippen LogP contribution in [0.5, 0.6) is 5.75 Å². The van der Waals surface area contributed by atoms with Gasteiger partial charge in [-0.3, -0.25) is 0 Å². The monoisotopic (exact) mass is 309 g/mol. The van der Waals surface area contributed by atoms with Gasteiger partial charge >= 0.3 is 0 Å². The summed E-state index contributed by atoms with van der Waals surface area (Å²) in [6.45, 7) is 0.302. The third kappa shape index (κ3) is 3.19. The van der Waals surface area contributed by atoms with Gasteiger partial charge in [-0.05, 0) is 24.3 Å². The average molecular weight is 309 g/mol. The molecular formula is C17H15N3O3. The SMILES string of the molecule is CN(C)c1oc(-c2ccc(COc3ccccc3)o2)nc1C#N. The number of ether oxygens (including phenoxy) is 1. The number of aromatic nitrogens is 1. The standard InChI is InChI=1S/C17H15N3O3/c1-20(2)17-14(10-18)19-16(23-17)15-9-8-13(22-15)11-21-12-6-4-3-5-7-12/h3-9H,11H2,1-2H3. The van der Waals surface area contributed by atoms with Gasteiger partial charge in [0, 0.05) is 14.1 Å². The largest absolute Gasteiger partial charge is 0.486 e. The molecule has 3 aromatic rings. The molecule has 0 unspecified atom stereocenters. The lowest BCUT2D eigenvalue weighted by atomic mass is 10.3. The first-order chi connectivity index (χ1) is 11.2. The second-order valence-corrected chi connectivity index (χ2v) is 5.05. The predicted molar refractivity (Wildman–Crippen MR) is 84.0 cm³/mol. The fourth-order valence-electron chi connectivity index (χ4n) is 2.04. The van der Waals surface area contributed by atoms with E-state index in [9.17, 15) is 0 Å². The maximum atomic E-state index is 9.09. The van der Waals surface area contributed by atoms with E-state index >= 15 is 0 Å². The first kappa shape index (κ1) is 14.7. The van der Waals surface area contributed by atoms with Crippen molar-refractivity contribution in [2.75, 3.05) is 19.0 Å². The van der Waals surface area contributed by atoms with Crippen LogP contribution in [0, 0.1) is 11.3 Å². The second kappa shape index (κ2) is 6.28. The summed E-state index contributed by atoms with van der Waals surface area (Å²) in [5.41, 5.74) is 0.225. The van der Waals surface area contributed by atoms with Crippen LogP contribution in [0.2, 0.25) is 0 Å². The average Bonchev–Trinajstić information content (AvgIpc) is 3.20. The minimum atomic E-state index is 0.225. The summed E-state index contributed by atoms with van der Waals surface area (Å²) in [6, 6.07) is 15.0. The van der Waals surface area contributed by atoms with Gasteiger partial charge in [0.1, 0.15) is 24.2 Å². The number of anilines is 1. The lowest BCUT2D eigenvalue weighted by Crippen LogP contribution is -2.08. The molecule has 116 valence electrons. The molecular weight excluding hydrogens is 294 g/mol. The lowest BCUT2D eigenvalue weighted by molar-refractivity contribution is 0.271. The molecule has 0 aliphatic heterocycles. The summed E-state index contributed by atoms with van der Waals surface area (Å²) in [5, 5.41) is 9.09. The number of oxazole rings is 1. The van der Waals surface area contributed by atoms with Crippen LogP contribution in [0.3, 0.4) is 0 Å². The quantitative estimate of drug-likeness (QED) is 0.718. The van der Waals surface area contributed by atoms with Crippen molar-refractivity contribution < 1.29 is 13.6 Å². The molecule has 0 atom stereocenters. The number of nitrogens with zero attached hydrogens (tertiary/aromatic N) is 3. The van der Waals surface area contributed by atoms with Crippen LogP contribution in [-0.4, -0.2) is 19.1 Å². The van der Waals surface area contributed by atoms with Crippen LogP contribution in [0.15, 0.2) is 51.3 Å². The van der Waals surface area contributed by atoms with Gasteiger partial charge in [-0.1, -0.05) is 18.2 Å². The topological polar surface area (TPSA) is 75.4 Å². The van der Waals surface area contributed by atoms with E-state index in [4.69, 9.17) is 18.8 Å². The van der Waals surface area contributed by atoms with E-state index in [0.717, 1.165) is 5.75 Å². The van der Waals surface area contributed by atoms with Crippen molar-refractivity contribution in [1.82, 2.24) is 4.98 Å². The first-order valence-electron chi connectivity index (χ1n) is 7.02. The minimum absolute atomic E-state index is 0.225. The molecule has 0 saturated carbocycles. The van der Waals surface area contributed by atoms with Gasteiger partial charge in [-0.2, -0.15) is 10.2 Å². The summed E-state index contributed by atoms with van der Waals surface area (Å²) >= 11 is 0. The van der Waals surface area contributed by atoms with Gasteiger partial charge in [-0.25, -0.2) is 0 Å². The molecule has 2 aromatic heterocycles. The Morgan fingerprint density at radius 2 is 1.91 bits per heavy atom. The van der Waals surface area contributed by atoms with Crippen molar-refractivity contribution in [2.24, 2.45) is 0 Å². The number of hydrogen-bond acceptors (Lipinski definition) is 6. The molecule has 0 N–H and O–H groups in total. The molecule has 6 nitrogen and oxygen atoms in total. The maximum absolute atomic E-state index is 9.09. The molecule has 2 heterocycles. The van der Waals surface area contributed by atoms with Crippen LogP contribution in [0.25, 0.3) is 11.7 Å². The van der Waals surface area contributed by atoms with Gasteiger partial charge in [0.2, 0.25) is 11.6 Å². The summed E-state index contributed by atoms with van der Waals surface area (Å²) < 4.78 is 16.9. The number of rotatable bonds is 5. The zero-order chi connectivity index (χ0) is 16.2. The van der Waals surface area contributed by atoms with Crippen LogP contribution >= 0.6 is 0 Å². The number of para-hydroxylation sites is 1. The van der Waals surface area contributed by atoms with Crippen molar-refractivity contribution in [2.45, 2.75) is 6.61 Å². The molecule has 0 bridgehead atoms. The molecule has 3 rings (SSSR count). The fraction of sp³-hybridized carbons (Fsp3) is 0.176. The molecule has 0 radical (unpaired) electrons. The van der Waals surface area contributed by atoms with E-state index in [1.807, 2.05) is 36.4 Å². The van der Waals surface area contributed by atoms with E-state index in [1.165, 1.54) is 0 Å². The normalized spacial score (nSPS) is 10.3. The summed E-state index contributed by atoms with van der Waals surface area (Å²) in [5.74, 6) is 2.55. The summed E-state index contributed by atoms with van der Waals surface area (Å²) in [6.07, 6.45) is 0. The Bertz CT molecular complexity index is 828. The van der Waals surface area contributed by atoms with Crippen molar-refractivity contribution >= 4 is 5.88 Å². The molecule has 0 saturated heterocycles. The Kier molecular flexibility index (Phi) is 4.02.